The molecule has 0 fully saturated rings. The van der Waals surface area contributed by atoms with Gasteiger partial charge in [-0.1, -0.05) is 19.9 Å². The average molecular weight is 372 g/mol. The second kappa shape index (κ2) is 8.87. The van der Waals surface area contributed by atoms with E-state index in [1.807, 2.05) is 40.6 Å². The molecular weight excluding hydrogens is 348 g/mol. The van der Waals surface area contributed by atoms with Gasteiger partial charge >= 0.3 is 0 Å². The third kappa shape index (κ3) is 5.09. The van der Waals surface area contributed by atoms with Crippen molar-refractivity contribution in [2.24, 2.45) is 5.92 Å². The van der Waals surface area contributed by atoms with Gasteiger partial charge in [0.2, 0.25) is 5.91 Å². The van der Waals surface area contributed by atoms with Gasteiger partial charge in [-0.2, -0.15) is 0 Å². The van der Waals surface area contributed by atoms with Crippen molar-refractivity contribution in [2.75, 3.05) is 6.54 Å². The third-order valence-corrected chi connectivity index (χ3v) is 5.07. The topological polar surface area (TPSA) is 58.6 Å². The summed E-state index contributed by atoms with van der Waals surface area (Å²) in [6.07, 6.45) is 3.29. The fourth-order valence-electron chi connectivity index (χ4n) is 2.87. The number of hydrogen-bond acceptors (Lipinski definition) is 5. The molecule has 0 saturated heterocycles. The SMILES string of the molecule is CC(C)[C@H](NC(=O)CN(Cc1ccco1)Cc1ccco1)c1cccs1. The van der Waals surface area contributed by atoms with Crippen LogP contribution in [0.25, 0.3) is 0 Å². The number of nitrogens with one attached hydrogen (secondary N) is 1. The molecule has 1 N–H and O–H groups in total. The predicted octanol–water partition coefficient (Wildman–Crippen LogP) is 4.45. The molecule has 3 aromatic rings. The summed E-state index contributed by atoms with van der Waals surface area (Å²) in [5.74, 6) is 1.96. The number of rotatable bonds is 9. The van der Waals surface area contributed by atoms with Crippen LogP contribution in [-0.2, 0) is 17.9 Å². The molecule has 6 heteroatoms. The molecule has 0 aliphatic heterocycles. The molecular formula is C20H24N2O3S. The van der Waals surface area contributed by atoms with Gasteiger partial charge in [-0.3, -0.25) is 9.69 Å². The number of amides is 1. The van der Waals surface area contributed by atoms with Gasteiger partial charge in [0.25, 0.3) is 0 Å². The highest BCUT2D eigenvalue weighted by Crippen LogP contribution is 2.25. The molecule has 3 heterocycles. The lowest BCUT2D eigenvalue weighted by atomic mass is 10.0. The Balaban J connectivity index is 1.65. The first kappa shape index (κ1) is 18.5. The van der Waals surface area contributed by atoms with E-state index in [-0.39, 0.29) is 18.5 Å². The number of nitrogens with zero attached hydrogens (tertiary/aromatic N) is 1. The minimum absolute atomic E-state index is 0.00443. The molecule has 26 heavy (non-hydrogen) atoms. The monoisotopic (exact) mass is 372 g/mol. The molecule has 0 saturated carbocycles. The van der Waals surface area contributed by atoms with Crippen molar-refractivity contribution in [1.29, 1.82) is 0 Å². The number of thiophene rings is 1. The Morgan fingerprint density at radius 2 is 1.73 bits per heavy atom. The first-order valence-electron chi connectivity index (χ1n) is 8.71. The Morgan fingerprint density at radius 1 is 1.08 bits per heavy atom. The molecule has 0 spiro atoms. The summed E-state index contributed by atoms with van der Waals surface area (Å²) in [5, 5.41) is 5.22. The summed E-state index contributed by atoms with van der Waals surface area (Å²) in [5.41, 5.74) is 0. The summed E-state index contributed by atoms with van der Waals surface area (Å²) < 4.78 is 10.9. The van der Waals surface area contributed by atoms with E-state index in [4.69, 9.17) is 8.83 Å². The smallest absolute Gasteiger partial charge is 0.234 e. The standard InChI is InChI=1S/C20H24N2O3S/c1-15(2)20(18-8-5-11-26-18)21-19(23)14-22(12-16-6-3-9-24-16)13-17-7-4-10-25-17/h3-11,15,20H,12-14H2,1-2H3,(H,21,23)/t20-/m0/s1. The van der Waals surface area contributed by atoms with Gasteiger partial charge in [-0.15, -0.1) is 11.3 Å². The first-order chi connectivity index (χ1) is 12.6. The summed E-state index contributed by atoms with van der Waals surface area (Å²) in [7, 11) is 0. The van der Waals surface area contributed by atoms with E-state index in [1.165, 1.54) is 4.88 Å². The number of furan rings is 2. The average Bonchev–Trinajstić information content (AvgIpc) is 3.35. The minimum Gasteiger partial charge on any atom is -0.468 e. The number of carbonyl (C=O) groups excluding carboxylic acids is 1. The normalized spacial score (nSPS) is 12.6. The van der Waals surface area contributed by atoms with Crippen molar-refractivity contribution >= 4 is 17.2 Å². The Bertz CT molecular complexity index is 728. The molecule has 0 aromatic carbocycles. The molecule has 138 valence electrons. The highest BCUT2D eigenvalue weighted by atomic mass is 32.1. The summed E-state index contributed by atoms with van der Waals surface area (Å²) in [4.78, 5) is 15.9. The highest BCUT2D eigenvalue weighted by molar-refractivity contribution is 7.10. The van der Waals surface area contributed by atoms with Gasteiger partial charge in [0, 0.05) is 4.88 Å². The van der Waals surface area contributed by atoms with Crippen molar-refractivity contribution in [3.63, 3.8) is 0 Å². The number of hydrogen-bond donors (Lipinski definition) is 1. The Morgan fingerprint density at radius 3 is 2.19 bits per heavy atom. The zero-order chi connectivity index (χ0) is 18.4. The molecule has 0 unspecified atom stereocenters. The van der Waals surface area contributed by atoms with E-state index < -0.39 is 0 Å². The second-order valence-electron chi connectivity index (χ2n) is 6.61. The van der Waals surface area contributed by atoms with E-state index >= 15 is 0 Å². The molecule has 1 atom stereocenters. The lowest BCUT2D eigenvalue weighted by Crippen LogP contribution is -2.39. The summed E-state index contributed by atoms with van der Waals surface area (Å²) >= 11 is 1.67. The molecule has 0 bridgehead atoms. The quantitative estimate of drug-likeness (QED) is 0.603. The molecule has 3 rings (SSSR count). The molecule has 1 amide bonds. The zero-order valence-electron chi connectivity index (χ0n) is 15.1. The van der Waals surface area contributed by atoms with E-state index in [0.29, 0.717) is 19.0 Å². The maximum atomic E-state index is 12.7. The van der Waals surface area contributed by atoms with Gasteiger partial charge in [-0.05, 0) is 41.6 Å². The van der Waals surface area contributed by atoms with E-state index in [2.05, 4.69) is 25.2 Å². The van der Waals surface area contributed by atoms with Crippen molar-refractivity contribution in [2.45, 2.75) is 33.0 Å². The first-order valence-corrected chi connectivity index (χ1v) is 9.59. The third-order valence-electron chi connectivity index (χ3n) is 4.12. The molecule has 5 nitrogen and oxygen atoms in total. The molecule has 0 radical (unpaired) electrons. The van der Waals surface area contributed by atoms with Crippen LogP contribution in [0.3, 0.4) is 0 Å². The van der Waals surface area contributed by atoms with Crippen LogP contribution in [0.2, 0.25) is 0 Å². The van der Waals surface area contributed by atoms with Crippen molar-refractivity contribution in [1.82, 2.24) is 10.2 Å². The number of carbonyl (C=O) groups is 1. The lowest BCUT2D eigenvalue weighted by Gasteiger charge is -2.24. The van der Waals surface area contributed by atoms with Crippen LogP contribution in [0.5, 0.6) is 0 Å². The summed E-state index contributed by atoms with van der Waals surface area (Å²) in [6, 6.07) is 11.6. The van der Waals surface area contributed by atoms with Crippen LogP contribution >= 0.6 is 11.3 Å². The maximum Gasteiger partial charge on any atom is 0.234 e. The van der Waals surface area contributed by atoms with Crippen molar-refractivity contribution in [3.05, 3.63) is 70.7 Å². The molecule has 0 aliphatic rings. The van der Waals surface area contributed by atoms with Crippen LogP contribution in [0.1, 0.15) is 36.3 Å². The van der Waals surface area contributed by atoms with Crippen LogP contribution in [0, 0.1) is 5.92 Å². The van der Waals surface area contributed by atoms with Gasteiger partial charge in [0.15, 0.2) is 0 Å². The van der Waals surface area contributed by atoms with Crippen LogP contribution in [-0.4, -0.2) is 17.4 Å². The summed E-state index contributed by atoms with van der Waals surface area (Å²) in [6.45, 7) is 5.61. The molecule has 0 aliphatic carbocycles. The van der Waals surface area contributed by atoms with E-state index in [1.54, 1.807) is 23.9 Å². The van der Waals surface area contributed by atoms with E-state index in [9.17, 15) is 4.79 Å². The molecule has 3 aromatic heterocycles. The fraction of sp³-hybridized carbons (Fsp3) is 0.350. The van der Waals surface area contributed by atoms with Gasteiger partial charge in [0.05, 0.1) is 38.2 Å². The van der Waals surface area contributed by atoms with E-state index in [0.717, 1.165) is 11.5 Å². The van der Waals surface area contributed by atoms with Crippen LogP contribution in [0.15, 0.2) is 63.1 Å². The van der Waals surface area contributed by atoms with Crippen molar-refractivity contribution in [3.8, 4) is 0 Å². The fourth-order valence-corrected chi connectivity index (χ4v) is 3.82. The Kier molecular flexibility index (Phi) is 6.30. The van der Waals surface area contributed by atoms with Gasteiger partial charge < -0.3 is 14.2 Å². The maximum absolute atomic E-state index is 12.7. The second-order valence-corrected chi connectivity index (χ2v) is 7.59. The van der Waals surface area contributed by atoms with Crippen molar-refractivity contribution < 1.29 is 13.6 Å². The predicted molar refractivity (Wildman–Crippen MR) is 102 cm³/mol. The Hall–Kier alpha value is -2.31. The zero-order valence-corrected chi connectivity index (χ0v) is 15.9. The van der Waals surface area contributed by atoms with Crippen LogP contribution < -0.4 is 5.32 Å². The minimum atomic E-state index is -0.00443. The van der Waals surface area contributed by atoms with Gasteiger partial charge in [-0.25, -0.2) is 0 Å². The highest BCUT2D eigenvalue weighted by Gasteiger charge is 2.21. The largest absolute Gasteiger partial charge is 0.468 e. The lowest BCUT2D eigenvalue weighted by molar-refractivity contribution is -0.123. The Labute approximate surface area is 157 Å². The van der Waals surface area contributed by atoms with Gasteiger partial charge in [0.1, 0.15) is 11.5 Å². The van der Waals surface area contributed by atoms with Crippen LogP contribution in [0.4, 0.5) is 0 Å².